The molecular formula is C17H20N2O3S. The van der Waals surface area contributed by atoms with Gasteiger partial charge in [-0.3, -0.25) is 4.79 Å². The van der Waals surface area contributed by atoms with Gasteiger partial charge in [0.15, 0.2) is 9.84 Å². The van der Waals surface area contributed by atoms with E-state index < -0.39 is 9.84 Å². The summed E-state index contributed by atoms with van der Waals surface area (Å²) < 4.78 is 26.0. The predicted molar refractivity (Wildman–Crippen MR) is 88.9 cm³/mol. The van der Waals surface area contributed by atoms with Crippen LogP contribution in [0, 0.1) is 12.8 Å². The van der Waals surface area contributed by atoms with E-state index in [9.17, 15) is 13.2 Å². The SMILES string of the molecule is Cc1cc2ccccc2n1CC(=O)N1C[C@@H]2CCS(=O)(=O)[C@@H]2C1. The zero-order chi connectivity index (χ0) is 16.2. The molecule has 1 amide bonds. The van der Waals surface area contributed by atoms with Crippen molar-refractivity contribution in [3.63, 3.8) is 0 Å². The number of benzene rings is 1. The highest BCUT2D eigenvalue weighted by molar-refractivity contribution is 7.92. The van der Waals surface area contributed by atoms with Gasteiger partial charge in [-0.25, -0.2) is 8.42 Å². The van der Waals surface area contributed by atoms with Crippen molar-refractivity contribution in [3.8, 4) is 0 Å². The van der Waals surface area contributed by atoms with Gasteiger partial charge in [-0.1, -0.05) is 18.2 Å². The normalized spacial score (nSPS) is 25.9. The fraction of sp³-hybridized carbons (Fsp3) is 0.471. The smallest absolute Gasteiger partial charge is 0.242 e. The van der Waals surface area contributed by atoms with Crippen LogP contribution in [0.25, 0.3) is 10.9 Å². The molecule has 2 fully saturated rings. The first-order chi connectivity index (χ1) is 11.0. The number of likely N-dealkylation sites (tertiary alicyclic amines) is 1. The van der Waals surface area contributed by atoms with Gasteiger partial charge in [0.25, 0.3) is 0 Å². The summed E-state index contributed by atoms with van der Waals surface area (Å²) in [7, 11) is -3.00. The monoisotopic (exact) mass is 332 g/mol. The van der Waals surface area contributed by atoms with Gasteiger partial charge in [0, 0.05) is 24.3 Å². The van der Waals surface area contributed by atoms with Crippen LogP contribution in [0.3, 0.4) is 0 Å². The number of carbonyl (C=O) groups excluding carboxylic acids is 1. The highest BCUT2D eigenvalue weighted by Crippen LogP contribution is 2.33. The lowest BCUT2D eigenvalue weighted by molar-refractivity contribution is -0.130. The molecule has 2 aliphatic heterocycles. The van der Waals surface area contributed by atoms with Gasteiger partial charge >= 0.3 is 0 Å². The van der Waals surface area contributed by atoms with Crippen LogP contribution in [-0.2, 0) is 21.2 Å². The molecule has 0 unspecified atom stereocenters. The Labute approximate surface area is 135 Å². The Bertz CT molecular complexity index is 884. The van der Waals surface area contributed by atoms with Crippen molar-refractivity contribution in [3.05, 3.63) is 36.0 Å². The summed E-state index contributed by atoms with van der Waals surface area (Å²) in [5.41, 5.74) is 2.09. The first-order valence-corrected chi connectivity index (χ1v) is 9.71. The number of carbonyl (C=O) groups is 1. The van der Waals surface area contributed by atoms with Crippen LogP contribution in [0.4, 0.5) is 0 Å². The van der Waals surface area contributed by atoms with Gasteiger partial charge in [0.2, 0.25) is 5.91 Å². The van der Waals surface area contributed by atoms with Crippen LogP contribution < -0.4 is 0 Å². The minimum atomic E-state index is -3.00. The fourth-order valence-corrected chi connectivity index (χ4v) is 6.14. The van der Waals surface area contributed by atoms with Crippen molar-refractivity contribution < 1.29 is 13.2 Å². The number of sulfone groups is 1. The zero-order valence-electron chi connectivity index (χ0n) is 13.1. The molecule has 122 valence electrons. The minimum Gasteiger partial charge on any atom is -0.340 e. The Morgan fingerprint density at radius 3 is 2.83 bits per heavy atom. The Morgan fingerprint density at radius 1 is 1.26 bits per heavy atom. The molecule has 1 aromatic carbocycles. The standard InChI is InChI=1S/C17H20N2O3S/c1-12-8-13-4-2-3-5-15(13)19(12)11-17(20)18-9-14-6-7-23(21,22)16(14)10-18/h2-5,8,14,16H,6-7,9-11H2,1H3/t14-,16+/m0/s1. The molecule has 6 heteroatoms. The lowest BCUT2D eigenvalue weighted by Gasteiger charge is -2.18. The first-order valence-electron chi connectivity index (χ1n) is 8.00. The van der Waals surface area contributed by atoms with Crippen molar-refractivity contribution in [1.29, 1.82) is 0 Å². The van der Waals surface area contributed by atoms with Crippen molar-refractivity contribution in [2.75, 3.05) is 18.8 Å². The number of fused-ring (bicyclic) bond motifs is 2. The van der Waals surface area contributed by atoms with Crippen LogP contribution in [0.5, 0.6) is 0 Å². The summed E-state index contributed by atoms with van der Waals surface area (Å²) >= 11 is 0. The number of para-hydroxylation sites is 1. The summed E-state index contributed by atoms with van der Waals surface area (Å²) in [6, 6.07) is 10.1. The average molecular weight is 332 g/mol. The van der Waals surface area contributed by atoms with Gasteiger partial charge in [-0.15, -0.1) is 0 Å². The predicted octanol–water partition coefficient (Wildman–Crippen LogP) is 1.60. The lowest BCUT2D eigenvalue weighted by Crippen LogP contribution is -2.34. The van der Waals surface area contributed by atoms with Crippen molar-refractivity contribution in [1.82, 2.24) is 9.47 Å². The van der Waals surface area contributed by atoms with E-state index in [1.807, 2.05) is 35.8 Å². The fourth-order valence-electron chi connectivity index (χ4n) is 3.99. The van der Waals surface area contributed by atoms with Gasteiger partial charge in [-0.05, 0) is 36.8 Å². The third-order valence-corrected chi connectivity index (χ3v) is 7.54. The maximum absolute atomic E-state index is 12.7. The molecule has 4 rings (SSSR count). The summed E-state index contributed by atoms with van der Waals surface area (Å²) in [6.07, 6.45) is 0.697. The van der Waals surface area contributed by atoms with Gasteiger partial charge in [0.05, 0.1) is 11.0 Å². The van der Waals surface area contributed by atoms with E-state index in [4.69, 9.17) is 0 Å². The summed E-state index contributed by atoms with van der Waals surface area (Å²) in [5, 5.41) is 0.785. The molecule has 2 aliphatic rings. The average Bonchev–Trinajstić information content (AvgIpc) is 3.15. The number of nitrogens with zero attached hydrogens (tertiary/aromatic N) is 2. The first kappa shape index (κ1) is 14.8. The number of hydrogen-bond donors (Lipinski definition) is 0. The summed E-state index contributed by atoms with van der Waals surface area (Å²) in [5.74, 6) is 0.427. The van der Waals surface area contributed by atoms with Crippen LogP contribution in [0.15, 0.2) is 30.3 Å². The molecule has 0 saturated carbocycles. The van der Waals surface area contributed by atoms with E-state index in [2.05, 4.69) is 6.07 Å². The minimum absolute atomic E-state index is 0.0130. The molecule has 0 aliphatic carbocycles. The second-order valence-electron chi connectivity index (χ2n) is 6.68. The molecular weight excluding hydrogens is 312 g/mol. The summed E-state index contributed by atoms with van der Waals surface area (Å²) in [6.45, 7) is 3.22. The molecule has 2 atom stereocenters. The van der Waals surface area contributed by atoms with Crippen LogP contribution >= 0.6 is 0 Å². The molecule has 0 radical (unpaired) electrons. The third-order valence-electron chi connectivity index (χ3n) is 5.28. The number of aryl methyl sites for hydroxylation is 1. The number of amides is 1. The van der Waals surface area contributed by atoms with E-state index in [0.717, 1.165) is 16.6 Å². The maximum Gasteiger partial charge on any atom is 0.242 e. The topological polar surface area (TPSA) is 59.4 Å². The van der Waals surface area contributed by atoms with Crippen LogP contribution in [0.1, 0.15) is 12.1 Å². The molecule has 0 N–H and O–H groups in total. The highest BCUT2D eigenvalue weighted by Gasteiger charge is 2.47. The number of rotatable bonds is 2. The number of hydrogen-bond acceptors (Lipinski definition) is 3. The largest absolute Gasteiger partial charge is 0.340 e. The quantitative estimate of drug-likeness (QED) is 0.839. The van der Waals surface area contributed by atoms with Crippen LogP contribution in [0.2, 0.25) is 0 Å². The van der Waals surface area contributed by atoms with E-state index >= 15 is 0 Å². The second-order valence-corrected chi connectivity index (χ2v) is 9.02. The molecule has 23 heavy (non-hydrogen) atoms. The van der Waals surface area contributed by atoms with Crippen molar-refractivity contribution in [2.45, 2.75) is 25.1 Å². The Hall–Kier alpha value is -1.82. The van der Waals surface area contributed by atoms with Gasteiger partial charge in [0.1, 0.15) is 6.54 Å². The molecule has 0 bridgehead atoms. The molecule has 3 heterocycles. The van der Waals surface area contributed by atoms with Crippen LogP contribution in [-0.4, -0.2) is 47.9 Å². The maximum atomic E-state index is 12.7. The van der Waals surface area contributed by atoms with E-state index in [1.54, 1.807) is 4.90 Å². The molecule has 2 saturated heterocycles. The Kier molecular flexibility index (Phi) is 3.27. The van der Waals surface area contributed by atoms with E-state index in [-0.39, 0.29) is 29.4 Å². The summed E-state index contributed by atoms with van der Waals surface area (Å²) in [4.78, 5) is 14.4. The van der Waals surface area contributed by atoms with Gasteiger partial charge < -0.3 is 9.47 Å². The molecule has 5 nitrogen and oxygen atoms in total. The third kappa shape index (κ3) is 2.36. The Morgan fingerprint density at radius 2 is 2.04 bits per heavy atom. The number of aromatic nitrogens is 1. The van der Waals surface area contributed by atoms with E-state index in [1.165, 1.54) is 0 Å². The molecule has 2 aromatic rings. The van der Waals surface area contributed by atoms with Crippen molar-refractivity contribution >= 4 is 26.6 Å². The zero-order valence-corrected chi connectivity index (χ0v) is 13.9. The van der Waals surface area contributed by atoms with Gasteiger partial charge in [-0.2, -0.15) is 0 Å². The second kappa shape index (κ2) is 5.09. The van der Waals surface area contributed by atoms with Crippen molar-refractivity contribution in [2.24, 2.45) is 5.92 Å². The highest BCUT2D eigenvalue weighted by atomic mass is 32.2. The Balaban J connectivity index is 1.56. The lowest BCUT2D eigenvalue weighted by atomic mass is 10.1. The van der Waals surface area contributed by atoms with E-state index in [0.29, 0.717) is 19.5 Å². The molecule has 1 aromatic heterocycles. The molecule has 0 spiro atoms.